The fourth-order valence-electron chi connectivity index (χ4n) is 9.66. The van der Waals surface area contributed by atoms with Crippen LogP contribution >= 0.6 is 11.6 Å². The van der Waals surface area contributed by atoms with Gasteiger partial charge in [-0.15, -0.1) is 9.80 Å². The molecule has 21 nitrogen and oxygen atoms in total. The van der Waals surface area contributed by atoms with Crippen LogP contribution in [0.4, 0.5) is 45.8 Å². The van der Waals surface area contributed by atoms with Crippen molar-refractivity contribution in [1.82, 2.24) is 9.25 Å². The largest absolute Gasteiger partial charge is 1.00 e. The standard InChI is InChI=1S/C15H13ClN4O.C15H18N3O.C14H16N3.2C14H14N2.C12H15N4O.4CH4.ClH/c1-19-9-10-3-8-13(21)14(15(10)20(19)2)18-17-12-6-4-11(16)5-7-12;1-17-10-8-13(9-11-17)12-16-18(2)14-4-6-15(19-3)7-5-14;1-16-10-8-13(9-11-16)12-15-17(2)14-6-4-3-5-7-14;1-16-10-8-13(9-11-16)3-2-12-4-6-14(15)7-5-12;1-16-11-3-2-4-14(16)10-7-12-5-8-13(15)9-6-12;1-15-8-9-16(2)12(15)14-13-10-4-6-11(17-3)7-5-10;;;;;/h3-9H,1-2H3;4-12H,1-3H3;3-12H,1-2H3;2*2-11,15H,1H3;4-9H,1-3H3;4*1H4;1H/q;2*+1;;;+1;;;;;/p+2. The first-order chi connectivity index (χ1) is 51.2. The highest BCUT2D eigenvalue weighted by atomic mass is 35.5. The Morgan fingerprint density at radius 3 is 1.32 bits per heavy atom. The number of hydrazone groups is 2. The van der Waals surface area contributed by atoms with Crippen LogP contribution in [0, 0.1) is 0 Å². The third kappa shape index (κ3) is 30.3. The van der Waals surface area contributed by atoms with E-state index in [1.165, 1.54) is 11.3 Å². The molecule has 0 bridgehead atoms. The van der Waals surface area contributed by atoms with E-state index in [1.54, 1.807) is 44.6 Å². The number of hydrogen-bond acceptors (Lipinski definition) is 13. The normalized spacial score (nSPS) is 10.5. The maximum Gasteiger partial charge on any atom is 0.421 e. The Morgan fingerprint density at radius 2 is 0.865 bits per heavy atom. The summed E-state index contributed by atoms with van der Waals surface area (Å²) in [5.41, 5.74) is 24.5. The number of fused-ring (bicyclic) bond motifs is 1. The van der Waals surface area contributed by atoms with E-state index in [0.717, 1.165) is 79.0 Å². The summed E-state index contributed by atoms with van der Waals surface area (Å²) in [6.45, 7) is 0. The van der Waals surface area contributed by atoms with Crippen molar-refractivity contribution in [3.05, 3.63) is 319 Å². The summed E-state index contributed by atoms with van der Waals surface area (Å²) >= 11 is 5.84. The molecule has 0 spiro atoms. The quantitative estimate of drug-likeness (QED) is 0.0280. The number of phenolic OH excluding ortho intramolecular Hbond substituents is 1. The number of aromatic nitrogens is 8. The number of nitrogens with two attached hydrogens (primary N) is 2. The van der Waals surface area contributed by atoms with Crippen molar-refractivity contribution >= 4 is 105 Å². The summed E-state index contributed by atoms with van der Waals surface area (Å²) in [5, 5.41) is 40.9. The van der Waals surface area contributed by atoms with E-state index >= 15 is 0 Å². The molecule has 13 aromatic rings. The first kappa shape index (κ1) is 92.2. The number of azo groups is 2. The van der Waals surface area contributed by atoms with Crippen LogP contribution in [0.2, 0.25) is 5.02 Å². The van der Waals surface area contributed by atoms with E-state index < -0.39 is 0 Å². The monoisotopic (exact) mass is 1540 g/mol. The van der Waals surface area contributed by atoms with Crippen LogP contribution in [0.25, 0.3) is 35.2 Å². The zero-order valence-electron chi connectivity index (χ0n) is 62.4. The molecule has 0 unspecified atom stereocenters. The molecule has 111 heavy (non-hydrogen) atoms. The molecule has 7 aromatic carbocycles. The van der Waals surface area contributed by atoms with Crippen LogP contribution in [-0.4, -0.2) is 55.1 Å². The highest BCUT2D eigenvalue weighted by Gasteiger charge is 2.17. The highest BCUT2D eigenvalue weighted by molar-refractivity contribution is 6.30. The van der Waals surface area contributed by atoms with Crippen molar-refractivity contribution in [3.63, 3.8) is 0 Å². The Hall–Kier alpha value is -13.0. The summed E-state index contributed by atoms with van der Waals surface area (Å²) in [5.74, 6) is 2.55. The Kier molecular flexibility index (Phi) is 39.6. The maximum absolute atomic E-state index is 10.1. The predicted molar refractivity (Wildman–Crippen MR) is 454 cm³/mol. The summed E-state index contributed by atoms with van der Waals surface area (Å²) in [7, 11) is 22.9. The van der Waals surface area contributed by atoms with Gasteiger partial charge in [0.05, 0.1) is 82.6 Å². The lowest BCUT2D eigenvalue weighted by Gasteiger charge is -2.12. The molecule has 0 amide bonds. The van der Waals surface area contributed by atoms with Gasteiger partial charge >= 0.3 is 5.95 Å². The van der Waals surface area contributed by atoms with E-state index in [1.807, 2.05) is 357 Å². The predicted octanol–water partition coefficient (Wildman–Crippen LogP) is 14.1. The van der Waals surface area contributed by atoms with Gasteiger partial charge in [0.1, 0.15) is 56.6 Å². The first-order valence-corrected chi connectivity index (χ1v) is 34.1. The number of imidazole rings is 1. The number of nitrogen functional groups attached to an aromatic ring is 2. The molecule has 578 valence electrons. The molecule has 23 heteroatoms. The number of aryl methyl sites for hydroxylation is 8. The topological polar surface area (TPSA) is 205 Å². The molecule has 0 saturated heterocycles. The number of halogens is 2. The Bertz CT molecular complexity index is 4970. The molecule has 0 fully saturated rings. The van der Waals surface area contributed by atoms with Crippen LogP contribution < -0.4 is 70.9 Å². The SMILES string of the molecule is C.C.C.C.CN(N=Cc1cc[n+](C)cc1)c1ccccc1.COc1ccc(N(C)N=Cc2cc[n+](C)cc2)cc1.COc1ccc(N=Nc2n(C)cc[n+]2C)cc1.C[n+]1ccc(C=Cc2ccc(N)cc2)cc1.C[n+]1ccccc1C=Cc1ccc(N)cc1.Cn1c2c(N=Nc3ccc(Cl)cc3)c(O)ccc2c[n+]1C.[Cl-]. The van der Waals surface area contributed by atoms with Crippen molar-refractivity contribution in [2.24, 2.45) is 87.0 Å². The summed E-state index contributed by atoms with van der Waals surface area (Å²) < 4.78 is 25.9. The van der Waals surface area contributed by atoms with Gasteiger partial charge in [0.2, 0.25) is 11.9 Å². The number of anilines is 4. The van der Waals surface area contributed by atoms with Gasteiger partial charge in [-0.25, -0.2) is 27.4 Å². The summed E-state index contributed by atoms with van der Waals surface area (Å²) in [6.07, 6.45) is 31.9. The molecular weight excluding hydrogens is 1430 g/mol. The fraction of sp³-hybridized carbons (Fsp3) is 0.182. The van der Waals surface area contributed by atoms with Gasteiger partial charge in [-0.1, -0.05) is 101 Å². The number of benzene rings is 7. The van der Waals surface area contributed by atoms with E-state index in [0.29, 0.717) is 16.4 Å². The minimum Gasteiger partial charge on any atom is -1.00 e. The number of para-hydroxylation sites is 1. The summed E-state index contributed by atoms with van der Waals surface area (Å²) in [6, 6.07) is 69.9. The molecule has 13 rings (SSSR count). The minimum absolute atomic E-state index is 0. The molecule has 6 heterocycles. The number of pyridine rings is 4. The van der Waals surface area contributed by atoms with E-state index in [2.05, 4.69) is 77.7 Å². The molecule has 0 aliphatic rings. The second kappa shape index (κ2) is 47.6. The lowest BCUT2D eigenvalue weighted by Crippen LogP contribution is -3.00. The average molecular weight is 1540 g/mol. The van der Waals surface area contributed by atoms with Crippen LogP contribution in [0.1, 0.15) is 63.2 Å². The second-order valence-electron chi connectivity index (χ2n) is 24.2. The Balaban J connectivity index is 0.000000343. The molecule has 5 N–H and O–H groups in total. The van der Waals surface area contributed by atoms with Crippen molar-refractivity contribution in [2.45, 2.75) is 29.7 Å². The van der Waals surface area contributed by atoms with Crippen LogP contribution in [0.15, 0.2) is 311 Å². The molecule has 0 saturated carbocycles. The molecule has 0 atom stereocenters. The molecular formula is C88H109Cl2N18O3+5. The van der Waals surface area contributed by atoms with Gasteiger partial charge in [0.25, 0.3) is 0 Å². The Labute approximate surface area is 667 Å². The highest BCUT2D eigenvalue weighted by Crippen LogP contribution is 2.35. The zero-order chi connectivity index (χ0) is 75.7. The minimum atomic E-state index is 0. The fourth-order valence-corrected chi connectivity index (χ4v) is 9.79. The maximum atomic E-state index is 10.1. The van der Waals surface area contributed by atoms with Gasteiger partial charge in [-0.2, -0.15) is 20.0 Å². The van der Waals surface area contributed by atoms with Crippen LogP contribution in [0.3, 0.4) is 0 Å². The van der Waals surface area contributed by atoms with Gasteiger partial charge < -0.3 is 38.5 Å². The number of methoxy groups -OCH3 is 2. The number of rotatable bonds is 16. The first-order valence-electron chi connectivity index (χ1n) is 33.7. The van der Waals surface area contributed by atoms with Crippen molar-refractivity contribution in [2.75, 3.05) is 49.8 Å². The summed E-state index contributed by atoms with van der Waals surface area (Å²) in [4.78, 5) is 0. The van der Waals surface area contributed by atoms with E-state index in [-0.39, 0.29) is 47.9 Å². The third-order valence-corrected chi connectivity index (χ3v) is 16.3. The molecule has 0 radical (unpaired) electrons. The molecule has 0 aliphatic carbocycles. The number of nitrogens with zero attached hydrogens (tertiary/aromatic N) is 16. The van der Waals surface area contributed by atoms with Crippen LogP contribution in [-0.2, 0) is 56.4 Å². The van der Waals surface area contributed by atoms with Gasteiger partial charge in [0, 0.05) is 101 Å². The lowest BCUT2D eigenvalue weighted by molar-refractivity contribution is -0.748. The zero-order valence-corrected chi connectivity index (χ0v) is 63.9. The third-order valence-electron chi connectivity index (χ3n) is 16.1. The van der Waals surface area contributed by atoms with E-state index in [4.69, 9.17) is 32.5 Å². The van der Waals surface area contributed by atoms with Crippen molar-refractivity contribution in [3.8, 4) is 17.2 Å². The van der Waals surface area contributed by atoms with Crippen molar-refractivity contribution < 1.29 is 54.5 Å². The second-order valence-corrected chi connectivity index (χ2v) is 24.6. The smallest absolute Gasteiger partial charge is 0.421 e. The van der Waals surface area contributed by atoms with E-state index in [9.17, 15) is 5.11 Å². The number of hydrogen-bond donors (Lipinski definition) is 3. The number of ether oxygens (including phenoxy) is 2. The average Bonchev–Trinajstić information content (AvgIpc) is 1.64. The van der Waals surface area contributed by atoms with Crippen LogP contribution in [0.5, 0.6) is 17.2 Å². The lowest BCUT2D eigenvalue weighted by atomic mass is 10.1. The van der Waals surface area contributed by atoms with Gasteiger partial charge in [-0.3, -0.25) is 10.0 Å². The number of aromatic hydroxyl groups is 1. The Morgan fingerprint density at radius 1 is 0.441 bits per heavy atom. The molecule has 6 aromatic heterocycles. The van der Waals surface area contributed by atoms with Gasteiger partial charge in [0.15, 0.2) is 56.1 Å². The number of phenols is 1. The molecule has 0 aliphatic heterocycles. The van der Waals surface area contributed by atoms with Crippen molar-refractivity contribution in [1.29, 1.82) is 0 Å². The van der Waals surface area contributed by atoms with Gasteiger partial charge in [-0.05, 0) is 150 Å².